The van der Waals surface area contributed by atoms with E-state index in [0.717, 1.165) is 0 Å². The molecule has 0 saturated heterocycles. The van der Waals surface area contributed by atoms with E-state index in [0.29, 0.717) is 11.1 Å². The summed E-state index contributed by atoms with van der Waals surface area (Å²) in [5.74, 6) is 0.274. The lowest BCUT2D eigenvalue weighted by molar-refractivity contribution is 0.108. The number of alkyl halides is 1. The van der Waals surface area contributed by atoms with E-state index in [-0.39, 0.29) is 5.88 Å². The van der Waals surface area contributed by atoms with Crippen LogP contribution in [0.4, 0.5) is 0 Å². The highest BCUT2D eigenvalue weighted by Gasteiger charge is 2.06. The zero-order valence-electron chi connectivity index (χ0n) is 5.55. The van der Waals surface area contributed by atoms with Crippen LogP contribution in [0.15, 0.2) is 18.5 Å². The summed E-state index contributed by atoms with van der Waals surface area (Å²) in [5, 5.41) is -0.520. The summed E-state index contributed by atoms with van der Waals surface area (Å²) in [6, 6.07) is 1.67. The number of carbonyl (C=O) groups excluding carboxylic acids is 1. The van der Waals surface area contributed by atoms with Gasteiger partial charge in [-0.2, -0.15) is 0 Å². The van der Waals surface area contributed by atoms with Crippen LogP contribution in [-0.4, -0.2) is 10.2 Å². The minimum absolute atomic E-state index is 0.274. The summed E-state index contributed by atoms with van der Waals surface area (Å²) >= 11 is 10.8. The second kappa shape index (κ2) is 3.69. The van der Waals surface area contributed by atoms with Gasteiger partial charge in [0.25, 0.3) is 5.24 Å². The van der Waals surface area contributed by atoms with E-state index in [1.165, 1.54) is 6.20 Å². The van der Waals surface area contributed by atoms with E-state index >= 15 is 0 Å². The predicted molar refractivity (Wildman–Crippen MR) is 44.0 cm³/mol. The van der Waals surface area contributed by atoms with Gasteiger partial charge in [-0.3, -0.25) is 9.78 Å². The minimum Gasteiger partial charge on any atom is -0.276 e. The van der Waals surface area contributed by atoms with Crippen LogP contribution in [0.25, 0.3) is 0 Å². The van der Waals surface area contributed by atoms with Gasteiger partial charge in [-0.25, -0.2) is 0 Å². The Balaban J connectivity index is 3.12. The molecular weight excluding hydrogens is 185 g/mol. The molecule has 0 aliphatic carbocycles. The van der Waals surface area contributed by atoms with Crippen molar-refractivity contribution in [1.82, 2.24) is 4.98 Å². The van der Waals surface area contributed by atoms with Gasteiger partial charge in [0.05, 0.1) is 5.56 Å². The van der Waals surface area contributed by atoms with Gasteiger partial charge in [-0.15, -0.1) is 11.6 Å². The monoisotopic (exact) mass is 189 g/mol. The molecule has 0 bridgehead atoms. The van der Waals surface area contributed by atoms with Gasteiger partial charge in [0, 0.05) is 18.3 Å². The zero-order chi connectivity index (χ0) is 8.27. The van der Waals surface area contributed by atoms with Crippen LogP contribution in [-0.2, 0) is 5.88 Å². The van der Waals surface area contributed by atoms with E-state index in [4.69, 9.17) is 23.2 Å². The lowest BCUT2D eigenvalue weighted by atomic mass is 10.2. The first-order chi connectivity index (χ1) is 5.25. The molecule has 0 unspecified atom stereocenters. The van der Waals surface area contributed by atoms with E-state index in [1.807, 2.05) is 0 Å². The number of halogens is 2. The van der Waals surface area contributed by atoms with Crippen molar-refractivity contribution in [3.8, 4) is 0 Å². The molecule has 0 aliphatic rings. The van der Waals surface area contributed by atoms with Crippen LogP contribution >= 0.6 is 23.2 Å². The first kappa shape index (κ1) is 8.50. The van der Waals surface area contributed by atoms with Crippen molar-refractivity contribution in [2.75, 3.05) is 0 Å². The summed E-state index contributed by atoms with van der Waals surface area (Å²) in [6.07, 6.45) is 2.98. The van der Waals surface area contributed by atoms with Crippen molar-refractivity contribution in [2.24, 2.45) is 0 Å². The molecule has 0 radical (unpaired) electrons. The maximum atomic E-state index is 10.7. The Kier molecular flexibility index (Phi) is 2.85. The topological polar surface area (TPSA) is 30.0 Å². The van der Waals surface area contributed by atoms with Gasteiger partial charge in [0.15, 0.2) is 0 Å². The molecule has 0 saturated carbocycles. The maximum Gasteiger partial charge on any atom is 0.254 e. The largest absolute Gasteiger partial charge is 0.276 e. The van der Waals surface area contributed by atoms with Crippen molar-refractivity contribution in [2.45, 2.75) is 5.88 Å². The molecule has 58 valence electrons. The number of aromatic nitrogens is 1. The highest BCUT2D eigenvalue weighted by molar-refractivity contribution is 6.67. The molecule has 0 spiro atoms. The average molecular weight is 190 g/mol. The van der Waals surface area contributed by atoms with Crippen LogP contribution in [0.2, 0.25) is 0 Å². The fraction of sp³-hybridized carbons (Fsp3) is 0.143. The molecule has 0 aliphatic heterocycles. The van der Waals surface area contributed by atoms with Crippen LogP contribution in [0, 0.1) is 0 Å². The van der Waals surface area contributed by atoms with Crippen LogP contribution in [0.1, 0.15) is 15.9 Å². The SMILES string of the molecule is O=C(Cl)c1cnccc1CCl. The van der Waals surface area contributed by atoms with Crippen LogP contribution in [0.5, 0.6) is 0 Å². The standard InChI is InChI=1S/C7H5Cl2NO/c8-3-5-1-2-10-4-6(5)7(9)11/h1-2,4H,3H2. The second-order valence-electron chi connectivity index (χ2n) is 1.94. The molecular formula is C7H5Cl2NO. The molecule has 11 heavy (non-hydrogen) atoms. The van der Waals surface area contributed by atoms with Gasteiger partial charge in [-0.1, -0.05) is 0 Å². The molecule has 0 N–H and O–H groups in total. The van der Waals surface area contributed by atoms with E-state index in [9.17, 15) is 4.79 Å². The van der Waals surface area contributed by atoms with Gasteiger partial charge in [0.1, 0.15) is 0 Å². The summed E-state index contributed by atoms with van der Waals surface area (Å²) in [6.45, 7) is 0. The van der Waals surface area contributed by atoms with Crippen molar-refractivity contribution < 1.29 is 4.79 Å². The molecule has 0 amide bonds. The third kappa shape index (κ3) is 1.91. The number of carbonyl (C=O) groups is 1. The molecule has 4 heteroatoms. The summed E-state index contributed by atoms with van der Waals surface area (Å²) in [4.78, 5) is 14.4. The molecule has 2 nitrogen and oxygen atoms in total. The Bertz CT molecular complexity index is 275. The predicted octanol–water partition coefficient (Wildman–Crippen LogP) is 2.20. The fourth-order valence-electron chi connectivity index (χ4n) is 0.717. The summed E-state index contributed by atoms with van der Waals surface area (Å²) in [7, 11) is 0. The Hall–Kier alpha value is -0.600. The number of rotatable bonds is 2. The second-order valence-corrected chi connectivity index (χ2v) is 2.55. The molecule has 0 atom stereocenters. The van der Waals surface area contributed by atoms with Gasteiger partial charge >= 0.3 is 0 Å². The average Bonchev–Trinajstić information content (AvgIpc) is 2.04. The summed E-state index contributed by atoms with van der Waals surface area (Å²) < 4.78 is 0. The molecule has 0 fully saturated rings. The van der Waals surface area contributed by atoms with Crippen molar-refractivity contribution in [1.29, 1.82) is 0 Å². The first-order valence-corrected chi connectivity index (χ1v) is 3.85. The molecule has 1 rings (SSSR count). The molecule has 0 aromatic carbocycles. The number of nitrogens with zero attached hydrogens (tertiary/aromatic N) is 1. The van der Waals surface area contributed by atoms with Crippen molar-refractivity contribution >= 4 is 28.4 Å². The lowest BCUT2D eigenvalue weighted by Gasteiger charge is -1.98. The third-order valence-corrected chi connectivity index (χ3v) is 1.76. The highest BCUT2D eigenvalue weighted by atomic mass is 35.5. The molecule has 1 heterocycles. The highest BCUT2D eigenvalue weighted by Crippen LogP contribution is 2.11. The molecule has 1 aromatic rings. The van der Waals surface area contributed by atoms with E-state index < -0.39 is 5.24 Å². The summed E-state index contributed by atoms with van der Waals surface area (Å²) in [5.41, 5.74) is 1.09. The van der Waals surface area contributed by atoms with E-state index in [2.05, 4.69) is 4.98 Å². The molecule has 1 aromatic heterocycles. The minimum atomic E-state index is -0.520. The number of hydrogen-bond acceptors (Lipinski definition) is 2. The third-order valence-electron chi connectivity index (χ3n) is 1.27. The Labute approximate surface area is 74.1 Å². The Morgan fingerprint density at radius 2 is 2.36 bits per heavy atom. The van der Waals surface area contributed by atoms with Gasteiger partial charge in [0.2, 0.25) is 0 Å². The normalized spacial score (nSPS) is 9.64. The van der Waals surface area contributed by atoms with Crippen LogP contribution < -0.4 is 0 Å². The first-order valence-electron chi connectivity index (χ1n) is 2.94. The van der Waals surface area contributed by atoms with Crippen LogP contribution in [0.3, 0.4) is 0 Å². The van der Waals surface area contributed by atoms with E-state index in [1.54, 1.807) is 12.3 Å². The van der Waals surface area contributed by atoms with Crippen molar-refractivity contribution in [3.63, 3.8) is 0 Å². The Morgan fingerprint density at radius 1 is 1.64 bits per heavy atom. The zero-order valence-corrected chi connectivity index (χ0v) is 7.06. The lowest BCUT2D eigenvalue weighted by Crippen LogP contribution is -1.95. The van der Waals surface area contributed by atoms with Gasteiger partial charge in [-0.05, 0) is 23.2 Å². The fourth-order valence-corrected chi connectivity index (χ4v) is 1.12. The smallest absolute Gasteiger partial charge is 0.254 e. The maximum absolute atomic E-state index is 10.7. The van der Waals surface area contributed by atoms with Gasteiger partial charge < -0.3 is 0 Å². The van der Waals surface area contributed by atoms with Crippen molar-refractivity contribution in [3.05, 3.63) is 29.6 Å². The quantitative estimate of drug-likeness (QED) is 0.528. The Morgan fingerprint density at radius 3 is 2.82 bits per heavy atom. The number of hydrogen-bond donors (Lipinski definition) is 0. The number of pyridine rings is 1.